The van der Waals surface area contributed by atoms with E-state index in [1.807, 2.05) is 6.07 Å². The number of fused-ring (bicyclic) bond motifs is 1. The van der Waals surface area contributed by atoms with Crippen LogP contribution in [0.5, 0.6) is 5.75 Å². The van der Waals surface area contributed by atoms with Gasteiger partial charge in [-0.1, -0.05) is 13.0 Å². The minimum absolute atomic E-state index is 0.109. The van der Waals surface area contributed by atoms with Crippen molar-refractivity contribution in [3.8, 4) is 5.75 Å². The summed E-state index contributed by atoms with van der Waals surface area (Å²) < 4.78 is 5.25. The van der Waals surface area contributed by atoms with Crippen LogP contribution in [0, 0.1) is 0 Å². The van der Waals surface area contributed by atoms with Crippen LogP contribution in [0.3, 0.4) is 0 Å². The summed E-state index contributed by atoms with van der Waals surface area (Å²) in [7, 11) is 3.36. The monoisotopic (exact) mass is 233 g/mol. The van der Waals surface area contributed by atoms with Crippen molar-refractivity contribution in [2.45, 2.75) is 31.6 Å². The van der Waals surface area contributed by atoms with Gasteiger partial charge in [0.15, 0.2) is 0 Å². The molecule has 2 atom stereocenters. The van der Waals surface area contributed by atoms with E-state index in [1.165, 1.54) is 11.1 Å². The van der Waals surface area contributed by atoms with Gasteiger partial charge in [-0.25, -0.2) is 0 Å². The Hall–Kier alpha value is -1.51. The molecule has 0 aromatic heterocycles. The number of nitrogens with one attached hydrogen (secondary N) is 1. The molecule has 3 heteroatoms. The number of carbonyl (C=O) groups is 1. The highest BCUT2D eigenvalue weighted by molar-refractivity contribution is 5.76. The maximum atomic E-state index is 11.5. The molecule has 0 radical (unpaired) electrons. The average molecular weight is 233 g/mol. The second kappa shape index (κ2) is 4.78. The fraction of sp³-hybridized carbons (Fsp3) is 0.500. The van der Waals surface area contributed by atoms with Gasteiger partial charge in [0.05, 0.1) is 7.11 Å². The zero-order valence-corrected chi connectivity index (χ0v) is 10.6. The van der Waals surface area contributed by atoms with Gasteiger partial charge in [-0.3, -0.25) is 4.79 Å². The van der Waals surface area contributed by atoms with E-state index in [0.29, 0.717) is 18.3 Å². The molecule has 1 amide bonds. The minimum atomic E-state index is 0.109. The highest BCUT2D eigenvalue weighted by atomic mass is 16.5. The number of ether oxygens (including phenoxy) is 1. The van der Waals surface area contributed by atoms with E-state index in [0.717, 1.165) is 12.2 Å². The molecule has 0 saturated heterocycles. The third kappa shape index (κ3) is 2.28. The van der Waals surface area contributed by atoms with E-state index in [4.69, 9.17) is 4.74 Å². The van der Waals surface area contributed by atoms with Crippen molar-refractivity contribution in [1.82, 2.24) is 5.32 Å². The van der Waals surface area contributed by atoms with E-state index in [9.17, 15) is 4.79 Å². The predicted molar refractivity (Wildman–Crippen MR) is 67.5 cm³/mol. The fourth-order valence-corrected chi connectivity index (χ4v) is 2.68. The molecule has 1 aliphatic carbocycles. The Bertz CT molecular complexity index is 428. The third-order valence-corrected chi connectivity index (χ3v) is 3.61. The molecule has 1 aliphatic rings. The van der Waals surface area contributed by atoms with Crippen molar-refractivity contribution < 1.29 is 9.53 Å². The zero-order chi connectivity index (χ0) is 12.4. The van der Waals surface area contributed by atoms with Crippen LogP contribution in [0.1, 0.15) is 42.7 Å². The first-order valence-electron chi connectivity index (χ1n) is 6.04. The van der Waals surface area contributed by atoms with Crippen LogP contribution in [0.25, 0.3) is 0 Å². The van der Waals surface area contributed by atoms with E-state index >= 15 is 0 Å². The fourth-order valence-electron chi connectivity index (χ4n) is 2.68. The molecule has 0 bridgehead atoms. The first-order valence-corrected chi connectivity index (χ1v) is 6.04. The van der Waals surface area contributed by atoms with Crippen molar-refractivity contribution in [3.63, 3.8) is 0 Å². The average Bonchev–Trinajstić information content (AvgIpc) is 2.65. The van der Waals surface area contributed by atoms with Crippen molar-refractivity contribution in [2.24, 2.45) is 0 Å². The Kier molecular flexibility index (Phi) is 3.36. The number of carbonyl (C=O) groups excluding carboxylic acids is 1. The molecule has 3 nitrogen and oxygen atoms in total. The minimum Gasteiger partial charge on any atom is -0.497 e. The summed E-state index contributed by atoms with van der Waals surface area (Å²) >= 11 is 0. The Labute approximate surface area is 102 Å². The summed E-state index contributed by atoms with van der Waals surface area (Å²) in [5, 5.41) is 2.70. The number of amides is 1. The predicted octanol–water partition coefficient (Wildman–Crippen LogP) is 2.42. The van der Waals surface area contributed by atoms with Crippen LogP contribution < -0.4 is 10.1 Å². The molecule has 2 rings (SSSR count). The summed E-state index contributed by atoms with van der Waals surface area (Å²) in [4.78, 5) is 11.5. The maximum Gasteiger partial charge on any atom is 0.220 e. The maximum absolute atomic E-state index is 11.5. The van der Waals surface area contributed by atoms with Gasteiger partial charge >= 0.3 is 0 Å². The van der Waals surface area contributed by atoms with Crippen LogP contribution in [-0.2, 0) is 4.79 Å². The van der Waals surface area contributed by atoms with E-state index in [1.54, 1.807) is 14.2 Å². The smallest absolute Gasteiger partial charge is 0.220 e. The lowest BCUT2D eigenvalue weighted by molar-refractivity contribution is -0.121. The van der Waals surface area contributed by atoms with Crippen molar-refractivity contribution in [3.05, 3.63) is 29.3 Å². The van der Waals surface area contributed by atoms with Gasteiger partial charge in [0.1, 0.15) is 5.75 Å². The number of hydrogen-bond acceptors (Lipinski definition) is 2. The molecule has 0 saturated carbocycles. The van der Waals surface area contributed by atoms with Gasteiger partial charge in [0.25, 0.3) is 0 Å². The van der Waals surface area contributed by atoms with Gasteiger partial charge in [-0.05, 0) is 41.5 Å². The Morgan fingerprint density at radius 3 is 2.88 bits per heavy atom. The summed E-state index contributed by atoms with van der Waals surface area (Å²) in [6, 6.07) is 6.20. The Balaban J connectivity index is 2.27. The number of benzene rings is 1. The van der Waals surface area contributed by atoms with Crippen LogP contribution in [-0.4, -0.2) is 20.1 Å². The molecule has 1 N–H and O–H groups in total. The van der Waals surface area contributed by atoms with Gasteiger partial charge in [0, 0.05) is 13.5 Å². The quantitative estimate of drug-likeness (QED) is 0.870. The molecule has 92 valence electrons. The van der Waals surface area contributed by atoms with Gasteiger partial charge < -0.3 is 10.1 Å². The summed E-state index contributed by atoms with van der Waals surface area (Å²) in [5.74, 6) is 1.85. The molecule has 0 spiro atoms. The summed E-state index contributed by atoms with van der Waals surface area (Å²) in [5.41, 5.74) is 2.64. The summed E-state index contributed by atoms with van der Waals surface area (Å²) in [6.07, 6.45) is 1.62. The molecule has 17 heavy (non-hydrogen) atoms. The van der Waals surface area contributed by atoms with Crippen LogP contribution >= 0.6 is 0 Å². The van der Waals surface area contributed by atoms with Crippen molar-refractivity contribution >= 4 is 5.91 Å². The lowest BCUT2D eigenvalue weighted by Crippen LogP contribution is -2.19. The second-order valence-corrected chi connectivity index (χ2v) is 4.71. The lowest BCUT2D eigenvalue weighted by atomic mass is 9.97. The van der Waals surface area contributed by atoms with Gasteiger partial charge in [-0.2, -0.15) is 0 Å². The first kappa shape index (κ1) is 12.0. The van der Waals surface area contributed by atoms with Gasteiger partial charge in [0.2, 0.25) is 5.91 Å². The second-order valence-electron chi connectivity index (χ2n) is 4.71. The third-order valence-electron chi connectivity index (χ3n) is 3.61. The number of hydrogen-bond donors (Lipinski definition) is 1. The molecule has 0 heterocycles. The summed E-state index contributed by atoms with van der Waals surface area (Å²) in [6.45, 7) is 2.22. The Morgan fingerprint density at radius 2 is 2.24 bits per heavy atom. The number of methoxy groups -OCH3 is 1. The SMILES string of the molecule is CNC(=O)CC1CC(C)c2ccc(OC)cc21. The van der Waals surface area contributed by atoms with Crippen LogP contribution in [0.2, 0.25) is 0 Å². The first-order chi connectivity index (χ1) is 8.15. The van der Waals surface area contributed by atoms with Crippen LogP contribution in [0.15, 0.2) is 18.2 Å². The van der Waals surface area contributed by atoms with Crippen molar-refractivity contribution in [1.29, 1.82) is 0 Å². The highest BCUT2D eigenvalue weighted by Crippen LogP contribution is 2.44. The molecular weight excluding hydrogens is 214 g/mol. The molecule has 1 aromatic carbocycles. The largest absolute Gasteiger partial charge is 0.497 e. The van der Waals surface area contributed by atoms with Crippen molar-refractivity contribution in [2.75, 3.05) is 14.2 Å². The standard InChI is InChI=1S/C14H19NO2/c1-9-6-10(7-14(16)15-2)13-8-11(17-3)4-5-12(9)13/h4-5,8-10H,6-7H2,1-3H3,(H,15,16). The topological polar surface area (TPSA) is 38.3 Å². The lowest BCUT2D eigenvalue weighted by Gasteiger charge is -2.11. The molecule has 1 aromatic rings. The highest BCUT2D eigenvalue weighted by Gasteiger charge is 2.29. The molecule has 0 aliphatic heterocycles. The van der Waals surface area contributed by atoms with E-state index in [2.05, 4.69) is 24.4 Å². The Morgan fingerprint density at radius 1 is 1.47 bits per heavy atom. The molecule has 0 fully saturated rings. The number of rotatable bonds is 3. The molecule has 2 unspecified atom stereocenters. The normalized spacial score (nSPS) is 22.1. The van der Waals surface area contributed by atoms with E-state index < -0.39 is 0 Å². The van der Waals surface area contributed by atoms with E-state index in [-0.39, 0.29) is 5.91 Å². The van der Waals surface area contributed by atoms with Gasteiger partial charge in [-0.15, -0.1) is 0 Å². The molecular formula is C14H19NO2. The zero-order valence-electron chi connectivity index (χ0n) is 10.6. The van der Waals surface area contributed by atoms with Crippen LogP contribution in [0.4, 0.5) is 0 Å².